The van der Waals surface area contributed by atoms with Crippen molar-refractivity contribution in [1.82, 2.24) is 9.80 Å². The minimum atomic E-state index is -1.16. The van der Waals surface area contributed by atoms with E-state index >= 15 is 0 Å². The topological polar surface area (TPSA) is 151 Å². The summed E-state index contributed by atoms with van der Waals surface area (Å²) in [4.78, 5) is 30.6. The van der Waals surface area contributed by atoms with Crippen LogP contribution in [0.4, 0.5) is 4.79 Å². The highest BCUT2D eigenvalue weighted by molar-refractivity contribution is 5.70. The summed E-state index contributed by atoms with van der Waals surface area (Å²) in [6.07, 6.45) is 7.71. The molecule has 12 heteroatoms. The van der Waals surface area contributed by atoms with Gasteiger partial charge in [0.05, 0.1) is 36.4 Å². The third-order valence-corrected chi connectivity index (χ3v) is 10.4. The fraction of sp³-hybridized carbons (Fsp3) is 0.750. The Morgan fingerprint density at radius 2 is 1.90 bits per heavy atom. The number of epoxide rings is 1. The zero-order valence-corrected chi connectivity index (χ0v) is 32.7. The van der Waals surface area contributed by atoms with Gasteiger partial charge in [0, 0.05) is 57.6 Å². The molecule has 11 atom stereocenters. The van der Waals surface area contributed by atoms with Crippen LogP contribution in [-0.2, 0) is 28.5 Å². The Bertz CT molecular complexity index is 1240. The van der Waals surface area contributed by atoms with Gasteiger partial charge in [-0.05, 0) is 65.5 Å². The fourth-order valence-corrected chi connectivity index (χ4v) is 7.04. The minimum absolute atomic E-state index is 0.0143. The zero-order valence-electron chi connectivity index (χ0n) is 32.7. The standard InChI is InChI=1S/C40H66N2O10/c1-10-20-41-21-23-42(24-22-41)38(46)50-34-16-15-28(5)36(51-35(45)25-31(43)17-19-40(34,9)52-30(7)48-12-3)27(4)14-13-18-39(8,47)26-33-37(49-33)29(6)32(44)11-2/h10,13-16,18,28-34,36-37,43-44,47H,1,11-12,17,19-26H2,2-9H3/b16-15+,18-13+,27-14+. The van der Waals surface area contributed by atoms with E-state index in [1.54, 1.807) is 43.1 Å². The molecule has 0 spiro atoms. The molecule has 0 radical (unpaired) electrons. The summed E-state index contributed by atoms with van der Waals surface area (Å²) < 4.78 is 30.1. The van der Waals surface area contributed by atoms with Crippen LogP contribution < -0.4 is 0 Å². The number of esters is 1. The number of carbonyl (C=O) groups excluding carboxylic acids is 2. The molecular weight excluding hydrogens is 668 g/mol. The zero-order chi connectivity index (χ0) is 38.6. The van der Waals surface area contributed by atoms with Crippen LogP contribution in [-0.4, -0.2) is 131 Å². The van der Waals surface area contributed by atoms with Crippen molar-refractivity contribution in [1.29, 1.82) is 0 Å². The van der Waals surface area contributed by atoms with Crippen LogP contribution >= 0.6 is 0 Å². The number of hydrogen-bond donors (Lipinski definition) is 3. The Kier molecular flexibility index (Phi) is 17.0. The Hall–Kier alpha value is -2.58. The van der Waals surface area contributed by atoms with Gasteiger partial charge in [-0.1, -0.05) is 51.2 Å². The van der Waals surface area contributed by atoms with Gasteiger partial charge >= 0.3 is 12.1 Å². The van der Waals surface area contributed by atoms with Crippen molar-refractivity contribution in [3.63, 3.8) is 0 Å². The maximum absolute atomic E-state index is 13.6. The van der Waals surface area contributed by atoms with Crippen LogP contribution in [0.3, 0.4) is 0 Å². The number of allylic oxidation sites excluding steroid dienone is 2. The molecule has 0 bridgehead atoms. The van der Waals surface area contributed by atoms with Crippen LogP contribution in [0.5, 0.6) is 0 Å². The Morgan fingerprint density at radius 1 is 1.21 bits per heavy atom. The van der Waals surface area contributed by atoms with E-state index in [9.17, 15) is 24.9 Å². The van der Waals surface area contributed by atoms with Gasteiger partial charge in [-0.2, -0.15) is 0 Å². The van der Waals surface area contributed by atoms with Crippen LogP contribution in [0.15, 0.2) is 48.6 Å². The first-order valence-corrected chi connectivity index (χ1v) is 19.1. The monoisotopic (exact) mass is 734 g/mol. The molecule has 3 heterocycles. The molecule has 3 aliphatic heterocycles. The van der Waals surface area contributed by atoms with E-state index in [4.69, 9.17) is 23.7 Å². The average molecular weight is 735 g/mol. The van der Waals surface area contributed by atoms with Crippen molar-refractivity contribution < 1.29 is 48.6 Å². The number of amides is 1. The lowest BCUT2D eigenvalue weighted by Gasteiger charge is -2.40. The van der Waals surface area contributed by atoms with Crippen LogP contribution in [0.25, 0.3) is 0 Å². The van der Waals surface area contributed by atoms with E-state index in [-0.39, 0.29) is 43.3 Å². The highest BCUT2D eigenvalue weighted by Crippen LogP contribution is 2.38. The second kappa shape index (κ2) is 20.2. The summed E-state index contributed by atoms with van der Waals surface area (Å²) >= 11 is 0. The smallest absolute Gasteiger partial charge is 0.410 e. The van der Waals surface area contributed by atoms with Crippen molar-refractivity contribution in [2.75, 3.05) is 39.3 Å². The lowest BCUT2D eigenvalue weighted by atomic mass is 9.88. The van der Waals surface area contributed by atoms with E-state index in [1.807, 2.05) is 53.7 Å². The van der Waals surface area contributed by atoms with E-state index < -0.39 is 54.0 Å². The van der Waals surface area contributed by atoms with Crippen molar-refractivity contribution in [3.8, 4) is 0 Å². The molecule has 3 rings (SSSR count). The van der Waals surface area contributed by atoms with Crippen molar-refractivity contribution in [2.24, 2.45) is 11.8 Å². The number of aliphatic hydroxyl groups is 3. The van der Waals surface area contributed by atoms with Crippen molar-refractivity contribution in [2.45, 2.75) is 142 Å². The Labute approximate surface area is 311 Å². The summed E-state index contributed by atoms with van der Waals surface area (Å²) in [7, 11) is 0. The molecule has 3 N–H and O–H groups in total. The Morgan fingerprint density at radius 3 is 2.54 bits per heavy atom. The molecular formula is C40H66N2O10. The molecule has 0 aromatic heterocycles. The first-order valence-electron chi connectivity index (χ1n) is 19.1. The van der Waals surface area contributed by atoms with Crippen LogP contribution in [0.2, 0.25) is 0 Å². The normalized spacial score (nSPS) is 33.2. The summed E-state index contributed by atoms with van der Waals surface area (Å²) in [6.45, 7) is 22.3. The highest BCUT2D eigenvalue weighted by atomic mass is 16.7. The van der Waals surface area contributed by atoms with Crippen LogP contribution in [0, 0.1) is 11.8 Å². The number of hydrogen-bond acceptors (Lipinski definition) is 11. The number of rotatable bonds is 15. The number of carbonyl (C=O) groups is 2. The first-order chi connectivity index (χ1) is 24.5. The lowest BCUT2D eigenvalue weighted by molar-refractivity contribution is -0.222. The van der Waals surface area contributed by atoms with Crippen LogP contribution in [0.1, 0.15) is 87.5 Å². The lowest BCUT2D eigenvalue weighted by Crippen LogP contribution is -2.52. The van der Waals surface area contributed by atoms with Gasteiger partial charge in [-0.25, -0.2) is 4.79 Å². The summed E-state index contributed by atoms with van der Waals surface area (Å²) in [5, 5.41) is 32.2. The summed E-state index contributed by atoms with van der Waals surface area (Å²) in [5.74, 6) is -0.916. The third kappa shape index (κ3) is 13.4. The number of aliphatic hydroxyl groups excluding tert-OH is 2. The van der Waals surface area contributed by atoms with E-state index in [2.05, 4.69) is 11.5 Å². The predicted octanol–water partition coefficient (Wildman–Crippen LogP) is 4.92. The molecule has 0 saturated carbocycles. The molecule has 11 unspecified atom stereocenters. The molecule has 2 fully saturated rings. The fourth-order valence-electron chi connectivity index (χ4n) is 7.04. The molecule has 296 valence electrons. The van der Waals surface area contributed by atoms with Gasteiger partial charge in [0.15, 0.2) is 12.4 Å². The van der Waals surface area contributed by atoms with Gasteiger partial charge in [0.25, 0.3) is 0 Å². The molecule has 0 aromatic rings. The molecule has 2 saturated heterocycles. The average Bonchev–Trinajstić information content (AvgIpc) is 3.85. The van der Waals surface area contributed by atoms with Gasteiger partial charge in [0.2, 0.25) is 0 Å². The molecule has 12 nitrogen and oxygen atoms in total. The number of ether oxygens (including phenoxy) is 5. The predicted molar refractivity (Wildman–Crippen MR) is 199 cm³/mol. The molecule has 0 aliphatic carbocycles. The first kappa shape index (κ1) is 43.8. The summed E-state index contributed by atoms with van der Waals surface area (Å²) in [5.41, 5.74) is -1.54. The SMILES string of the molecule is C=CCN1CCN(C(=O)OC2/C=C/C(C)C(/C(C)=C/C=C/C(C)(O)CC3OC3C(C)C(O)CC)OC(=O)CC(O)CCC2(C)OC(C)OCC)CC1. The third-order valence-electron chi connectivity index (χ3n) is 10.4. The number of nitrogens with zero attached hydrogens (tertiary/aromatic N) is 2. The molecule has 1 amide bonds. The minimum Gasteiger partial charge on any atom is -0.457 e. The van der Waals surface area contributed by atoms with Crippen molar-refractivity contribution >= 4 is 12.1 Å². The van der Waals surface area contributed by atoms with E-state index in [1.165, 1.54) is 0 Å². The largest absolute Gasteiger partial charge is 0.457 e. The maximum atomic E-state index is 13.6. The van der Waals surface area contributed by atoms with E-state index in [0.717, 1.165) is 12.1 Å². The molecule has 0 aromatic carbocycles. The highest BCUT2D eigenvalue weighted by Gasteiger charge is 2.47. The second-order valence-corrected chi connectivity index (χ2v) is 15.2. The second-order valence-electron chi connectivity index (χ2n) is 15.2. The number of cyclic esters (lactones) is 1. The van der Waals surface area contributed by atoms with E-state index in [0.29, 0.717) is 45.6 Å². The van der Waals surface area contributed by atoms with Gasteiger partial charge in [-0.3, -0.25) is 9.69 Å². The van der Waals surface area contributed by atoms with Gasteiger partial charge < -0.3 is 43.9 Å². The molecule has 3 aliphatic rings. The molecule has 52 heavy (non-hydrogen) atoms. The van der Waals surface area contributed by atoms with Crippen molar-refractivity contribution in [3.05, 3.63) is 48.6 Å². The van der Waals surface area contributed by atoms with Gasteiger partial charge in [-0.15, -0.1) is 6.58 Å². The number of piperazine rings is 1. The van der Waals surface area contributed by atoms with Gasteiger partial charge in [0.1, 0.15) is 11.7 Å². The maximum Gasteiger partial charge on any atom is 0.410 e. The summed E-state index contributed by atoms with van der Waals surface area (Å²) in [6, 6.07) is 0. The quantitative estimate of drug-likeness (QED) is 0.0692. The Balaban J connectivity index is 1.84.